The van der Waals surface area contributed by atoms with Crippen LogP contribution in [-0.2, 0) is 6.54 Å². The highest BCUT2D eigenvalue weighted by Crippen LogP contribution is 2.39. The van der Waals surface area contributed by atoms with E-state index >= 15 is 0 Å². The molecule has 1 aromatic carbocycles. The SMILES string of the molecule is Cc1cc(C2=CC3CCC(C2)N3Cc2ccccc2)cnc1C#N. The van der Waals surface area contributed by atoms with Gasteiger partial charge in [-0.15, -0.1) is 0 Å². The van der Waals surface area contributed by atoms with Crippen LogP contribution >= 0.6 is 0 Å². The van der Waals surface area contributed by atoms with Gasteiger partial charge in [0.25, 0.3) is 0 Å². The average molecular weight is 315 g/mol. The van der Waals surface area contributed by atoms with Gasteiger partial charge in [0.05, 0.1) is 0 Å². The summed E-state index contributed by atoms with van der Waals surface area (Å²) in [6, 6.07) is 16.1. The second-order valence-electron chi connectivity index (χ2n) is 6.85. The minimum Gasteiger partial charge on any atom is -0.289 e. The fourth-order valence-corrected chi connectivity index (χ4v) is 4.04. The summed E-state index contributed by atoms with van der Waals surface area (Å²) in [7, 11) is 0. The van der Waals surface area contributed by atoms with Crippen molar-refractivity contribution in [2.75, 3.05) is 0 Å². The van der Waals surface area contributed by atoms with Crippen LogP contribution < -0.4 is 0 Å². The molecule has 0 saturated carbocycles. The number of nitriles is 1. The van der Waals surface area contributed by atoms with Gasteiger partial charge >= 0.3 is 0 Å². The number of pyridine rings is 1. The van der Waals surface area contributed by atoms with E-state index in [9.17, 15) is 0 Å². The second kappa shape index (κ2) is 6.22. The Balaban J connectivity index is 1.58. The van der Waals surface area contributed by atoms with Crippen LogP contribution in [0.2, 0.25) is 0 Å². The third-order valence-electron chi connectivity index (χ3n) is 5.30. The Kier molecular flexibility index (Phi) is 3.92. The first kappa shape index (κ1) is 15.1. The summed E-state index contributed by atoms with van der Waals surface area (Å²) >= 11 is 0. The van der Waals surface area contributed by atoms with E-state index in [0.717, 1.165) is 18.5 Å². The van der Waals surface area contributed by atoms with Gasteiger partial charge in [-0.25, -0.2) is 4.98 Å². The van der Waals surface area contributed by atoms with Crippen molar-refractivity contribution in [3.63, 3.8) is 0 Å². The normalized spacial score (nSPS) is 22.9. The molecule has 2 atom stereocenters. The maximum absolute atomic E-state index is 9.05. The molecule has 0 radical (unpaired) electrons. The first-order valence-electron chi connectivity index (χ1n) is 8.62. The summed E-state index contributed by atoms with van der Waals surface area (Å²) < 4.78 is 0. The molecule has 2 aromatic rings. The van der Waals surface area contributed by atoms with Crippen LogP contribution in [0.4, 0.5) is 0 Å². The van der Waals surface area contributed by atoms with E-state index in [1.807, 2.05) is 13.1 Å². The number of nitrogens with zero attached hydrogens (tertiary/aromatic N) is 3. The maximum atomic E-state index is 9.05. The largest absolute Gasteiger partial charge is 0.289 e. The topological polar surface area (TPSA) is 39.9 Å². The van der Waals surface area contributed by atoms with Gasteiger partial charge in [0, 0.05) is 24.8 Å². The third-order valence-corrected chi connectivity index (χ3v) is 5.30. The van der Waals surface area contributed by atoms with Gasteiger partial charge < -0.3 is 0 Å². The zero-order valence-electron chi connectivity index (χ0n) is 13.9. The Morgan fingerprint density at radius 2 is 2.08 bits per heavy atom. The van der Waals surface area contributed by atoms with E-state index in [-0.39, 0.29) is 0 Å². The summed E-state index contributed by atoms with van der Waals surface area (Å²) in [6.45, 7) is 3.00. The quantitative estimate of drug-likeness (QED) is 0.857. The fraction of sp³-hybridized carbons (Fsp3) is 0.333. The Morgan fingerprint density at radius 1 is 1.25 bits per heavy atom. The molecule has 1 aromatic heterocycles. The number of aryl methyl sites for hydroxylation is 1. The molecule has 0 aliphatic carbocycles. The van der Waals surface area contributed by atoms with Crippen molar-refractivity contribution < 1.29 is 0 Å². The summed E-state index contributed by atoms with van der Waals surface area (Å²) in [6.07, 6.45) is 7.87. The molecule has 2 bridgehead atoms. The number of aromatic nitrogens is 1. The first-order valence-corrected chi connectivity index (χ1v) is 8.62. The minimum absolute atomic E-state index is 0.523. The smallest absolute Gasteiger partial charge is 0.143 e. The van der Waals surface area contributed by atoms with Crippen LogP contribution in [0.3, 0.4) is 0 Å². The molecule has 2 aliphatic heterocycles. The van der Waals surface area contributed by atoms with Crippen molar-refractivity contribution >= 4 is 5.57 Å². The average Bonchev–Trinajstić information content (AvgIpc) is 2.83. The van der Waals surface area contributed by atoms with Crippen molar-refractivity contribution in [2.24, 2.45) is 0 Å². The number of rotatable bonds is 3. The summed E-state index contributed by atoms with van der Waals surface area (Å²) in [5.74, 6) is 0. The summed E-state index contributed by atoms with van der Waals surface area (Å²) in [5, 5.41) is 9.05. The molecular formula is C21H21N3. The molecule has 3 nitrogen and oxygen atoms in total. The van der Waals surface area contributed by atoms with Crippen molar-refractivity contribution in [2.45, 2.75) is 44.8 Å². The van der Waals surface area contributed by atoms with E-state index < -0.39 is 0 Å². The van der Waals surface area contributed by atoms with E-state index in [4.69, 9.17) is 5.26 Å². The van der Waals surface area contributed by atoms with E-state index in [2.05, 4.69) is 58.4 Å². The lowest BCUT2D eigenvalue weighted by Gasteiger charge is -2.34. The third kappa shape index (κ3) is 2.74. The number of fused-ring (bicyclic) bond motifs is 2. The zero-order chi connectivity index (χ0) is 16.5. The van der Waals surface area contributed by atoms with Crippen LogP contribution in [0.15, 0.2) is 48.7 Å². The molecule has 0 amide bonds. The fourth-order valence-electron chi connectivity index (χ4n) is 4.04. The van der Waals surface area contributed by atoms with Crippen LogP contribution in [0.25, 0.3) is 5.57 Å². The van der Waals surface area contributed by atoms with Crippen LogP contribution in [-0.4, -0.2) is 22.0 Å². The lowest BCUT2D eigenvalue weighted by atomic mass is 9.94. The molecule has 2 unspecified atom stereocenters. The predicted octanol–water partition coefficient (Wildman–Crippen LogP) is 4.08. The highest BCUT2D eigenvalue weighted by atomic mass is 15.2. The first-order chi connectivity index (χ1) is 11.7. The molecule has 120 valence electrons. The standard InChI is InChI=1S/C21H21N3/c1-15-9-18(13-23-21(15)12-22)17-10-19-7-8-20(11-17)24(19)14-16-5-3-2-4-6-16/h2-6,9-10,13,19-20H,7-8,11,14H2,1H3. The molecular weight excluding hydrogens is 294 g/mol. The van der Waals surface area contributed by atoms with E-state index in [1.54, 1.807) is 0 Å². The van der Waals surface area contributed by atoms with E-state index in [0.29, 0.717) is 17.8 Å². The predicted molar refractivity (Wildman–Crippen MR) is 95.1 cm³/mol. The number of hydrogen-bond donors (Lipinski definition) is 0. The van der Waals surface area contributed by atoms with E-state index in [1.165, 1.54) is 29.5 Å². The zero-order valence-corrected chi connectivity index (χ0v) is 13.9. The number of benzene rings is 1. The van der Waals surface area contributed by atoms with Gasteiger partial charge in [0.15, 0.2) is 0 Å². The Hall–Kier alpha value is -2.44. The van der Waals surface area contributed by atoms with Gasteiger partial charge in [-0.3, -0.25) is 4.90 Å². The molecule has 1 saturated heterocycles. The molecule has 24 heavy (non-hydrogen) atoms. The molecule has 1 fully saturated rings. The van der Waals surface area contributed by atoms with Gasteiger partial charge in [0.1, 0.15) is 11.8 Å². The molecule has 2 aliphatic rings. The van der Waals surface area contributed by atoms with Crippen molar-refractivity contribution in [1.29, 1.82) is 5.26 Å². The van der Waals surface area contributed by atoms with Gasteiger partial charge in [-0.2, -0.15) is 5.26 Å². The number of hydrogen-bond acceptors (Lipinski definition) is 3. The Morgan fingerprint density at radius 3 is 2.79 bits per heavy atom. The molecule has 0 N–H and O–H groups in total. The molecule has 0 spiro atoms. The lowest BCUT2D eigenvalue weighted by molar-refractivity contribution is 0.203. The summed E-state index contributed by atoms with van der Waals surface area (Å²) in [4.78, 5) is 6.96. The van der Waals surface area contributed by atoms with Crippen LogP contribution in [0, 0.1) is 18.3 Å². The van der Waals surface area contributed by atoms with Crippen molar-refractivity contribution in [3.8, 4) is 6.07 Å². The Labute approximate surface area is 143 Å². The highest BCUT2D eigenvalue weighted by Gasteiger charge is 2.36. The van der Waals surface area contributed by atoms with Crippen molar-refractivity contribution in [1.82, 2.24) is 9.88 Å². The molecule has 3 heteroatoms. The van der Waals surface area contributed by atoms with Crippen molar-refractivity contribution in [3.05, 3.63) is 71.1 Å². The summed E-state index contributed by atoms with van der Waals surface area (Å²) in [5.41, 5.74) is 5.47. The molecule has 4 rings (SSSR count). The van der Waals surface area contributed by atoms with Crippen LogP contribution in [0.5, 0.6) is 0 Å². The minimum atomic E-state index is 0.523. The maximum Gasteiger partial charge on any atom is 0.143 e. The Bertz CT molecular complexity index is 817. The monoisotopic (exact) mass is 315 g/mol. The lowest BCUT2D eigenvalue weighted by Crippen LogP contribution is -2.37. The van der Waals surface area contributed by atoms with Gasteiger partial charge in [-0.1, -0.05) is 36.4 Å². The van der Waals surface area contributed by atoms with Crippen LogP contribution in [0.1, 0.15) is 41.6 Å². The second-order valence-corrected chi connectivity index (χ2v) is 6.85. The van der Waals surface area contributed by atoms with Gasteiger partial charge in [0.2, 0.25) is 0 Å². The van der Waals surface area contributed by atoms with Gasteiger partial charge in [-0.05, 0) is 54.5 Å². The molecule has 3 heterocycles. The highest BCUT2D eigenvalue weighted by molar-refractivity contribution is 5.68.